The number of nitrogens with one attached hydrogen (secondary N) is 1. The third kappa shape index (κ3) is 4.35. The Morgan fingerprint density at radius 2 is 1.85 bits per heavy atom. The van der Waals surface area contributed by atoms with Crippen LogP contribution in [0, 0.1) is 6.92 Å². The van der Waals surface area contributed by atoms with Crippen molar-refractivity contribution in [1.29, 1.82) is 0 Å². The largest absolute Gasteiger partial charge is 0.463 e. The van der Waals surface area contributed by atoms with Gasteiger partial charge in [-0.05, 0) is 37.3 Å². The fourth-order valence-electron chi connectivity index (χ4n) is 4.02. The predicted octanol–water partition coefficient (Wildman–Crippen LogP) is 3.19. The van der Waals surface area contributed by atoms with Gasteiger partial charge < -0.3 is 19.2 Å². The molecule has 0 atom stereocenters. The van der Waals surface area contributed by atoms with E-state index < -0.39 is 0 Å². The van der Waals surface area contributed by atoms with E-state index in [2.05, 4.69) is 15.5 Å². The van der Waals surface area contributed by atoms with Crippen molar-refractivity contribution in [1.82, 2.24) is 19.9 Å². The Morgan fingerprint density at radius 1 is 1.06 bits per heavy atom. The summed E-state index contributed by atoms with van der Waals surface area (Å²) in [5.41, 5.74) is 2.70. The molecule has 1 N–H and O–H groups in total. The Kier molecular flexibility index (Phi) is 5.62. The molecule has 1 aromatic carbocycles. The molecule has 2 amide bonds. The van der Waals surface area contributed by atoms with Gasteiger partial charge >= 0.3 is 0 Å². The quantitative estimate of drug-likeness (QED) is 0.503. The van der Waals surface area contributed by atoms with Crippen molar-refractivity contribution in [2.24, 2.45) is 0 Å². The first kappa shape index (κ1) is 20.9. The number of furan rings is 1. The van der Waals surface area contributed by atoms with E-state index in [1.807, 2.05) is 35.2 Å². The molecule has 1 aliphatic heterocycles. The number of pyridine rings is 1. The maximum Gasteiger partial charge on any atom is 0.259 e. The molecular formula is C24H23N5O4. The summed E-state index contributed by atoms with van der Waals surface area (Å²) in [6.07, 6.45) is 1.56. The number of hydrogen-bond acceptors (Lipinski definition) is 7. The van der Waals surface area contributed by atoms with Crippen molar-refractivity contribution in [2.45, 2.75) is 6.92 Å². The highest BCUT2D eigenvalue weighted by Gasteiger charge is 2.27. The van der Waals surface area contributed by atoms with E-state index >= 15 is 0 Å². The molecule has 168 valence electrons. The molecule has 33 heavy (non-hydrogen) atoms. The average Bonchev–Trinajstić information content (AvgIpc) is 3.50. The molecular weight excluding hydrogens is 422 g/mol. The van der Waals surface area contributed by atoms with Crippen LogP contribution >= 0.6 is 0 Å². The topological polar surface area (TPSA) is 105 Å². The maximum absolute atomic E-state index is 13.5. The van der Waals surface area contributed by atoms with Crippen LogP contribution in [0.4, 0.5) is 5.69 Å². The first-order valence-corrected chi connectivity index (χ1v) is 10.8. The fourth-order valence-corrected chi connectivity index (χ4v) is 4.02. The zero-order valence-electron chi connectivity index (χ0n) is 18.2. The lowest BCUT2D eigenvalue weighted by molar-refractivity contribution is -0.117. The molecule has 1 saturated heterocycles. The van der Waals surface area contributed by atoms with Gasteiger partial charge in [0.1, 0.15) is 5.69 Å². The number of hydrogen-bond donors (Lipinski definition) is 1. The van der Waals surface area contributed by atoms with Gasteiger partial charge in [-0.25, -0.2) is 4.98 Å². The lowest BCUT2D eigenvalue weighted by atomic mass is 10.1. The highest BCUT2D eigenvalue weighted by atomic mass is 16.5. The van der Waals surface area contributed by atoms with E-state index in [-0.39, 0.29) is 18.4 Å². The third-order valence-electron chi connectivity index (χ3n) is 5.71. The monoisotopic (exact) mass is 445 g/mol. The Hall–Kier alpha value is -3.98. The number of aromatic nitrogens is 2. The summed E-state index contributed by atoms with van der Waals surface area (Å²) >= 11 is 0. The second-order valence-electron chi connectivity index (χ2n) is 7.96. The van der Waals surface area contributed by atoms with Crippen LogP contribution < -0.4 is 5.32 Å². The standard InChI is InChI=1S/C24H23N5O4/c1-16-22-18(14-19(20-8-5-13-32-20)26-23(22)33-27-16)24(31)29-11-9-28(10-12-29)15-21(30)25-17-6-3-2-4-7-17/h2-8,13-14H,9-12,15H2,1H3,(H,25,30). The second kappa shape index (κ2) is 8.87. The van der Waals surface area contributed by atoms with Crippen LogP contribution in [0.3, 0.4) is 0 Å². The number of piperazine rings is 1. The van der Waals surface area contributed by atoms with Crippen LogP contribution in [0.25, 0.3) is 22.6 Å². The summed E-state index contributed by atoms with van der Waals surface area (Å²) in [7, 11) is 0. The molecule has 0 spiro atoms. The van der Waals surface area contributed by atoms with E-state index in [0.29, 0.717) is 60.0 Å². The fraction of sp³-hybridized carbons (Fsp3) is 0.250. The number of carbonyl (C=O) groups excluding carboxylic acids is 2. The predicted molar refractivity (Wildman–Crippen MR) is 122 cm³/mol. The van der Waals surface area contributed by atoms with Gasteiger partial charge in [0.2, 0.25) is 5.91 Å². The first-order valence-electron chi connectivity index (χ1n) is 10.8. The Balaban J connectivity index is 1.28. The van der Waals surface area contributed by atoms with Gasteiger partial charge in [0.15, 0.2) is 5.76 Å². The highest BCUT2D eigenvalue weighted by molar-refractivity contribution is 6.07. The van der Waals surface area contributed by atoms with Gasteiger partial charge in [-0.3, -0.25) is 14.5 Å². The smallest absolute Gasteiger partial charge is 0.259 e. The zero-order valence-corrected chi connectivity index (χ0v) is 18.2. The minimum Gasteiger partial charge on any atom is -0.463 e. The van der Waals surface area contributed by atoms with Crippen molar-refractivity contribution < 1.29 is 18.5 Å². The van der Waals surface area contributed by atoms with Crippen LogP contribution in [0.15, 0.2) is 63.7 Å². The van der Waals surface area contributed by atoms with Crippen molar-refractivity contribution >= 4 is 28.6 Å². The number of rotatable bonds is 5. The number of amides is 2. The Bertz CT molecular complexity index is 1280. The van der Waals surface area contributed by atoms with Gasteiger partial charge in [-0.2, -0.15) is 0 Å². The van der Waals surface area contributed by atoms with E-state index in [4.69, 9.17) is 8.94 Å². The molecule has 0 bridgehead atoms. The summed E-state index contributed by atoms with van der Waals surface area (Å²) in [6.45, 7) is 4.32. The molecule has 5 rings (SSSR count). The summed E-state index contributed by atoms with van der Waals surface area (Å²) in [5.74, 6) is 0.365. The minimum atomic E-state index is -0.116. The van der Waals surface area contributed by atoms with Gasteiger partial charge in [0.25, 0.3) is 11.6 Å². The molecule has 0 unspecified atom stereocenters. The Labute approximate surface area is 190 Å². The molecule has 0 radical (unpaired) electrons. The number of carbonyl (C=O) groups is 2. The zero-order chi connectivity index (χ0) is 22.8. The number of aryl methyl sites for hydroxylation is 1. The Morgan fingerprint density at radius 3 is 2.58 bits per heavy atom. The van der Waals surface area contributed by atoms with Crippen LogP contribution in [-0.2, 0) is 4.79 Å². The highest BCUT2D eigenvalue weighted by Crippen LogP contribution is 2.28. The van der Waals surface area contributed by atoms with Gasteiger partial charge in [-0.15, -0.1) is 0 Å². The number of para-hydroxylation sites is 1. The van der Waals surface area contributed by atoms with Crippen LogP contribution in [0.5, 0.6) is 0 Å². The minimum absolute atomic E-state index is 0.0694. The summed E-state index contributed by atoms with van der Waals surface area (Å²) in [5, 5.41) is 7.50. The molecule has 1 fully saturated rings. The number of anilines is 1. The lowest BCUT2D eigenvalue weighted by Gasteiger charge is -2.34. The normalized spacial score (nSPS) is 14.5. The molecule has 9 heteroatoms. The van der Waals surface area contributed by atoms with Crippen LogP contribution in [0.2, 0.25) is 0 Å². The van der Waals surface area contributed by atoms with Crippen LogP contribution in [0.1, 0.15) is 16.1 Å². The second-order valence-corrected chi connectivity index (χ2v) is 7.96. The summed E-state index contributed by atoms with van der Waals surface area (Å²) in [6, 6.07) is 14.7. The maximum atomic E-state index is 13.5. The summed E-state index contributed by atoms with van der Waals surface area (Å²) in [4.78, 5) is 34.1. The number of benzene rings is 1. The third-order valence-corrected chi connectivity index (χ3v) is 5.71. The molecule has 3 aromatic heterocycles. The molecule has 4 heterocycles. The van der Waals surface area contributed by atoms with Gasteiger partial charge in [0, 0.05) is 31.9 Å². The molecule has 1 aliphatic rings. The van der Waals surface area contributed by atoms with Crippen molar-refractivity contribution in [3.05, 3.63) is 66.1 Å². The number of nitrogens with zero attached hydrogens (tertiary/aromatic N) is 4. The van der Waals surface area contributed by atoms with Gasteiger partial charge in [0.05, 0.1) is 29.5 Å². The molecule has 0 aliphatic carbocycles. The molecule has 0 saturated carbocycles. The van der Waals surface area contributed by atoms with Crippen molar-refractivity contribution in [3.63, 3.8) is 0 Å². The van der Waals surface area contributed by atoms with E-state index in [9.17, 15) is 9.59 Å². The lowest BCUT2D eigenvalue weighted by Crippen LogP contribution is -2.50. The van der Waals surface area contributed by atoms with E-state index in [1.54, 1.807) is 36.3 Å². The van der Waals surface area contributed by atoms with E-state index in [1.165, 1.54) is 0 Å². The van der Waals surface area contributed by atoms with Crippen LogP contribution in [-0.4, -0.2) is 64.5 Å². The average molecular weight is 445 g/mol. The SMILES string of the molecule is Cc1noc2nc(-c3ccco3)cc(C(=O)N3CCN(CC(=O)Nc4ccccc4)CC3)c12. The van der Waals surface area contributed by atoms with Crippen molar-refractivity contribution in [3.8, 4) is 11.5 Å². The first-order chi connectivity index (χ1) is 16.1. The van der Waals surface area contributed by atoms with Gasteiger partial charge in [-0.1, -0.05) is 23.4 Å². The van der Waals surface area contributed by atoms with Crippen molar-refractivity contribution in [2.75, 3.05) is 38.0 Å². The van der Waals surface area contributed by atoms with E-state index in [0.717, 1.165) is 5.69 Å². The number of fused-ring (bicyclic) bond motifs is 1. The summed E-state index contributed by atoms with van der Waals surface area (Å²) < 4.78 is 10.8. The molecule has 9 nitrogen and oxygen atoms in total. The molecule has 4 aromatic rings.